The number of carboxylic acid groups (broad SMARTS) is 1. The Kier molecular flexibility index (Phi) is 13.7. The van der Waals surface area contributed by atoms with E-state index < -0.39 is 11.6 Å². The zero-order chi connectivity index (χ0) is 16.7. The van der Waals surface area contributed by atoms with Gasteiger partial charge in [0.1, 0.15) is 0 Å². The molecule has 0 aliphatic heterocycles. The Morgan fingerprint density at radius 1 is 0.773 bits per heavy atom. The van der Waals surface area contributed by atoms with Gasteiger partial charge < -0.3 is 10.2 Å². The van der Waals surface area contributed by atoms with Gasteiger partial charge >= 0.3 is 5.97 Å². The number of hydrogen-bond acceptors (Lipinski definition) is 2. The molecule has 1 atom stereocenters. The fourth-order valence-electron chi connectivity index (χ4n) is 2.90. The van der Waals surface area contributed by atoms with E-state index in [9.17, 15) is 9.90 Å². The van der Waals surface area contributed by atoms with Crippen LogP contribution in [0.4, 0.5) is 0 Å². The van der Waals surface area contributed by atoms with Crippen LogP contribution < -0.4 is 0 Å². The van der Waals surface area contributed by atoms with Gasteiger partial charge in [-0.2, -0.15) is 0 Å². The van der Waals surface area contributed by atoms with Crippen LogP contribution in [0.3, 0.4) is 0 Å². The van der Waals surface area contributed by atoms with Crippen molar-refractivity contribution in [2.45, 2.75) is 116 Å². The predicted octanol–water partition coefficient (Wildman–Crippen LogP) is 5.69. The third kappa shape index (κ3) is 15.8. The van der Waals surface area contributed by atoms with Crippen LogP contribution in [0.1, 0.15) is 110 Å². The van der Waals surface area contributed by atoms with Crippen molar-refractivity contribution in [1.29, 1.82) is 0 Å². The first-order valence-electron chi connectivity index (χ1n) is 9.42. The van der Waals surface area contributed by atoms with Crippen LogP contribution in [0.25, 0.3) is 0 Å². The summed E-state index contributed by atoms with van der Waals surface area (Å²) in [5.41, 5.74) is -0.468. The minimum Gasteiger partial charge on any atom is -0.481 e. The molecular formula is C19H38O3. The van der Waals surface area contributed by atoms with Crippen molar-refractivity contribution < 1.29 is 15.0 Å². The molecule has 0 spiro atoms. The molecule has 0 radical (unpaired) electrons. The molecule has 0 aliphatic rings. The molecule has 0 amide bonds. The molecule has 0 aromatic carbocycles. The van der Waals surface area contributed by atoms with Crippen molar-refractivity contribution >= 4 is 5.97 Å². The Balaban J connectivity index is 3.31. The second-order valence-electron chi connectivity index (χ2n) is 7.03. The van der Waals surface area contributed by atoms with Gasteiger partial charge in [-0.05, 0) is 26.2 Å². The maximum Gasteiger partial charge on any atom is 0.303 e. The maximum atomic E-state index is 10.4. The zero-order valence-corrected chi connectivity index (χ0v) is 14.9. The SMILES string of the molecule is CCCCCCC(C)(O)CCCCCCCCCCC(=O)O. The van der Waals surface area contributed by atoms with E-state index in [1.54, 1.807) is 0 Å². The molecule has 2 N–H and O–H groups in total. The summed E-state index contributed by atoms with van der Waals surface area (Å²) in [7, 11) is 0. The molecule has 3 heteroatoms. The summed E-state index contributed by atoms with van der Waals surface area (Å²) in [4.78, 5) is 10.4. The Morgan fingerprint density at radius 2 is 1.18 bits per heavy atom. The third-order valence-electron chi connectivity index (χ3n) is 4.42. The van der Waals surface area contributed by atoms with Crippen molar-refractivity contribution in [3.05, 3.63) is 0 Å². The van der Waals surface area contributed by atoms with Crippen LogP contribution in [0.5, 0.6) is 0 Å². The van der Waals surface area contributed by atoms with Crippen LogP contribution in [0.15, 0.2) is 0 Å². The maximum absolute atomic E-state index is 10.4. The van der Waals surface area contributed by atoms with Crippen molar-refractivity contribution in [2.24, 2.45) is 0 Å². The van der Waals surface area contributed by atoms with Gasteiger partial charge in [0.05, 0.1) is 5.60 Å². The van der Waals surface area contributed by atoms with Gasteiger partial charge in [-0.1, -0.05) is 77.6 Å². The number of carboxylic acids is 1. The lowest BCUT2D eigenvalue weighted by Gasteiger charge is -2.23. The Labute approximate surface area is 137 Å². The summed E-state index contributed by atoms with van der Waals surface area (Å²) in [6, 6.07) is 0. The van der Waals surface area contributed by atoms with Crippen LogP contribution in [-0.2, 0) is 4.79 Å². The highest BCUT2D eigenvalue weighted by molar-refractivity contribution is 5.66. The van der Waals surface area contributed by atoms with Gasteiger partial charge in [0.15, 0.2) is 0 Å². The monoisotopic (exact) mass is 314 g/mol. The number of aliphatic carboxylic acids is 1. The molecule has 0 aromatic heterocycles. The van der Waals surface area contributed by atoms with Crippen LogP contribution in [-0.4, -0.2) is 21.8 Å². The molecule has 22 heavy (non-hydrogen) atoms. The zero-order valence-electron chi connectivity index (χ0n) is 14.9. The van der Waals surface area contributed by atoms with E-state index in [4.69, 9.17) is 5.11 Å². The number of unbranched alkanes of at least 4 members (excludes halogenated alkanes) is 10. The summed E-state index contributed by atoms with van der Waals surface area (Å²) >= 11 is 0. The van der Waals surface area contributed by atoms with Crippen molar-refractivity contribution in [3.63, 3.8) is 0 Å². The van der Waals surface area contributed by atoms with Gasteiger partial charge in [0.2, 0.25) is 0 Å². The molecule has 0 saturated carbocycles. The van der Waals surface area contributed by atoms with Gasteiger partial charge in [-0.25, -0.2) is 0 Å². The normalized spacial score (nSPS) is 14.0. The molecule has 0 heterocycles. The van der Waals surface area contributed by atoms with Gasteiger partial charge in [-0.15, -0.1) is 0 Å². The first kappa shape index (κ1) is 21.4. The van der Waals surface area contributed by atoms with E-state index in [0.717, 1.165) is 44.9 Å². The average Bonchev–Trinajstić information content (AvgIpc) is 2.45. The lowest BCUT2D eigenvalue weighted by molar-refractivity contribution is -0.137. The summed E-state index contributed by atoms with van der Waals surface area (Å²) in [6.07, 6.45) is 16.1. The second kappa shape index (κ2) is 14.0. The highest BCUT2D eigenvalue weighted by Crippen LogP contribution is 2.22. The predicted molar refractivity (Wildman–Crippen MR) is 93.2 cm³/mol. The average molecular weight is 315 g/mol. The first-order valence-corrected chi connectivity index (χ1v) is 9.42. The minimum atomic E-state index is -0.679. The molecule has 0 fully saturated rings. The van der Waals surface area contributed by atoms with Gasteiger partial charge in [-0.3, -0.25) is 4.79 Å². The Bertz CT molecular complexity index is 261. The Hall–Kier alpha value is -0.570. The van der Waals surface area contributed by atoms with E-state index in [1.807, 2.05) is 6.92 Å². The van der Waals surface area contributed by atoms with E-state index in [0.29, 0.717) is 6.42 Å². The summed E-state index contributed by atoms with van der Waals surface area (Å²) in [6.45, 7) is 4.20. The smallest absolute Gasteiger partial charge is 0.303 e. The topological polar surface area (TPSA) is 57.5 Å². The summed E-state index contributed by atoms with van der Waals surface area (Å²) < 4.78 is 0. The van der Waals surface area contributed by atoms with E-state index >= 15 is 0 Å². The standard InChI is InChI=1S/C19H38O3/c1-3-4-5-13-16-19(2,22)17-14-11-9-7-6-8-10-12-15-18(20)21/h22H,3-17H2,1-2H3,(H,20,21). The fraction of sp³-hybridized carbons (Fsp3) is 0.947. The highest BCUT2D eigenvalue weighted by atomic mass is 16.4. The third-order valence-corrected chi connectivity index (χ3v) is 4.42. The number of carbonyl (C=O) groups is 1. The van der Waals surface area contributed by atoms with Crippen molar-refractivity contribution in [3.8, 4) is 0 Å². The fourth-order valence-corrected chi connectivity index (χ4v) is 2.90. The molecule has 0 aromatic rings. The van der Waals surface area contributed by atoms with Crippen LogP contribution >= 0.6 is 0 Å². The van der Waals surface area contributed by atoms with E-state index in [2.05, 4.69) is 6.92 Å². The molecule has 132 valence electrons. The molecule has 0 bridgehead atoms. The van der Waals surface area contributed by atoms with E-state index in [-0.39, 0.29) is 0 Å². The summed E-state index contributed by atoms with van der Waals surface area (Å²) in [5, 5.41) is 18.8. The Morgan fingerprint density at radius 3 is 1.64 bits per heavy atom. The quantitative estimate of drug-likeness (QED) is 0.360. The lowest BCUT2D eigenvalue weighted by atomic mass is 9.91. The lowest BCUT2D eigenvalue weighted by Crippen LogP contribution is -2.23. The van der Waals surface area contributed by atoms with E-state index in [1.165, 1.54) is 44.9 Å². The van der Waals surface area contributed by atoms with Gasteiger partial charge in [0.25, 0.3) is 0 Å². The number of rotatable bonds is 16. The molecule has 1 unspecified atom stereocenters. The molecule has 0 rings (SSSR count). The molecule has 3 nitrogen and oxygen atoms in total. The molecule has 0 saturated heterocycles. The van der Waals surface area contributed by atoms with Crippen molar-refractivity contribution in [2.75, 3.05) is 0 Å². The molecular weight excluding hydrogens is 276 g/mol. The largest absolute Gasteiger partial charge is 0.481 e. The van der Waals surface area contributed by atoms with Gasteiger partial charge in [0, 0.05) is 6.42 Å². The molecule has 0 aliphatic carbocycles. The second-order valence-corrected chi connectivity index (χ2v) is 7.03. The van der Waals surface area contributed by atoms with Crippen LogP contribution in [0, 0.1) is 0 Å². The first-order chi connectivity index (χ1) is 10.5. The summed E-state index contributed by atoms with van der Waals surface area (Å²) in [5.74, 6) is -0.679. The van der Waals surface area contributed by atoms with Crippen LogP contribution in [0.2, 0.25) is 0 Å². The highest BCUT2D eigenvalue weighted by Gasteiger charge is 2.18. The van der Waals surface area contributed by atoms with Crippen molar-refractivity contribution in [1.82, 2.24) is 0 Å². The minimum absolute atomic E-state index is 0.313. The number of aliphatic hydroxyl groups is 1. The number of hydrogen-bond donors (Lipinski definition) is 2.